The van der Waals surface area contributed by atoms with Gasteiger partial charge in [0.2, 0.25) is 17.7 Å². The molecule has 5 N–H and O–H groups in total. The highest BCUT2D eigenvalue weighted by Gasteiger charge is 2.21. The minimum absolute atomic E-state index is 0.122. The molecule has 2 atom stereocenters. The van der Waals surface area contributed by atoms with Crippen molar-refractivity contribution in [2.75, 3.05) is 18.9 Å². The second-order valence-corrected chi connectivity index (χ2v) is 9.71. The summed E-state index contributed by atoms with van der Waals surface area (Å²) in [5.74, 6) is 0.0363. The third-order valence-corrected chi connectivity index (χ3v) is 6.06. The number of phenolic OH excluding ortho intramolecular Hbond substituents is 1. The van der Waals surface area contributed by atoms with E-state index in [0.29, 0.717) is 30.9 Å². The Morgan fingerprint density at radius 2 is 1.67 bits per heavy atom. The Kier molecular flexibility index (Phi) is 11.4. The van der Waals surface area contributed by atoms with Crippen LogP contribution in [0.1, 0.15) is 51.2 Å². The van der Waals surface area contributed by atoms with Crippen molar-refractivity contribution in [1.29, 1.82) is 0 Å². The molecule has 2 aromatic rings. The van der Waals surface area contributed by atoms with Crippen LogP contribution in [-0.4, -0.2) is 53.4 Å². The first kappa shape index (κ1) is 28.8. The van der Waals surface area contributed by atoms with Crippen molar-refractivity contribution < 1.29 is 19.5 Å². The summed E-state index contributed by atoms with van der Waals surface area (Å²) >= 11 is 0. The highest BCUT2D eigenvalue weighted by molar-refractivity contribution is 5.98. The first-order chi connectivity index (χ1) is 17.1. The predicted molar refractivity (Wildman–Crippen MR) is 142 cm³/mol. The van der Waals surface area contributed by atoms with Gasteiger partial charge in [-0.1, -0.05) is 44.2 Å². The summed E-state index contributed by atoms with van der Waals surface area (Å²) < 4.78 is 0. The maximum absolute atomic E-state index is 12.8. The Labute approximate surface area is 214 Å². The van der Waals surface area contributed by atoms with E-state index in [2.05, 4.69) is 24.5 Å². The van der Waals surface area contributed by atoms with Gasteiger partial charge < -0.3 is 26.4 Å². The SMILES string of the molecule is CC(C)CCN(C)C(=O)CCCc1ccccc1NC(=O)[C@@H](C)NC(=O)[C@@H](N)Cc1ccc(O)cc1. The number of para-hydroxylation sites is 1. The lowest BCUT2D eigenvalue weighted by Gasteiger charge is -2.19. The number of nitrogens with zero attached hydrogens (tertiary/aromatic N) is 1. The minimum atomic E-state index is -0.826. The van der Waals surface area contributed by atoms with Gasteiger partial charge in [-0.05, 0) is 67.9 Å². The highest BCUT2D eigenvalue weighted by Crippen LogP contribution is 2.18. The van der Waals surface area contributed by atoms with Crippen LogP contribution in [0, 0.1) is 5.92 Å². The lowest BCUT2D eigenvalue weighted by Crippen LogP contribution is -2.49. The van der Waals surface area contributed by atoms with Gasteiger partial charge in [-0.2, -0.15) is 0 Å². The number of carbonyl (C=O) groups is 3. The molecule has 36 heavy (non-hydrogen) atoms. The monoisotopic (exact) mass is 496 g/mol. The molecule has 0 aliphatic rings. The number of anilines is 1. The van der Waals surface area contributed by atoms with Crippen molar-refractivity contribution in [2.24, 2.45) is 11.7 Å². The number of hydrogen-bond acceptors (Lipinski definition) is 5. The largest absolute Gasteiger partial charge is 0.508 e. The van der Waals surface area contributed by atoms with Crippen molar-refractivity contribution in [3.05, 3.63) is 59.7 Å². The van der Waals surface area contributed by atoms with Gasteiger partial charge in [0.05, 0.1) is 6.04 Å². The number of nitrogens with one attached hydrogen (secondary N) is 2. The molecule has 2 aromatic carbocycles. The summed E-state index contributed by atoms with van der Waals surface area (Å²) in [6.45, 7) is 6.64. The van der Waals surface area contributed by atoms with Gasteiger partial charge in [0, 0.05) is 25.7 Å². The molecule has 2 rings (SSSR count). The molecule has 0 bridgehead atoms. The van der Waals surface area contributed by atoms with Crippen LogP contribution < -0.4 is 16.4 Å². The molecule has 0 heterocycles. The summed E-state index contributed by atoms with van der Waals surface area (Å²) in [5, 5.41) is 14.9. The molecule has 0 aromatic heterocycles. The van der Waals surface area contributed by atoms with E-state index in [1.165, 1.54) is 12.1 Å². The molecule has 0 saturated carbocycles. The molecule has 196 valence electrons. The van der Waals surface area contributed by atoms with E-state index in [-0.39, 0.29) is 24.0 Å². The topological polar surface area (TPSA) is 125 Å². The Hall–Kier alpha value is -3.39. The molecular formula is C28H40N4O4. The van der Waals surface area contributed by atoms with Gasteiger partial charge in [-0.3, -0.25) is 14.4 Å². The average molecular weight is 497 g/mol. The molecule has 0 spiro atoms. The molecule has 0 aliphatic carbocycles. The van der Waals surface area contributed by atoms with Crippen molar-refractivity contribution >= 4 is 23.4 Å². The number of amides is 3. The third-order valence-electron chi connectivity index (χ3n) is 6.06. The maximum atomic E-state index is 12.8. The Bertz CT molecular complexity index is 1010. The number of aromatic hydroxyl groups is 1. The summed E-state index contributed by atoms with van der Waals surface area (Å²) in [5.41, 5.74) is 8.42. The van der Waals surface area contributed by atoms with Crippen LogP contribution in [0.15, 0.2) is 48.5 Å². The third kappa shape index (κ3) is 9.70. The Balaban J connectivity index is 1.85. The molecule has 0 radical (unpaired) electrons. The second kappa shape index (κ2) is 14.2. The van der Waals surface area contributed by atoms with Gasteiger partial charge in [0.25, 0.3) is 0 Å². The number of phenols is 1. The van der Waals surface area contributed by atoms with Crippen molar-refractivity contribution in [2.45, 2.75) is 65.0 Å². The molecule has 3 amide bonds. The van der Waals surface area contributed by atoms with E-state index < -0.39 is 18.0 Å². The number of benzene rings is 2. The van der Waals surface area contributed by atoms with Gasteiger partial charge in [0.15, 0.2) is 0 Å². The van der Waals surface area contributed by atoms with E-state index >= 15 is 0 Å². The average Bonchev–Trinajstić information content (AvgIpc) is 2.84. The summed E-state index contributed by atoms with van der Waals surface area (Å²) in [4.78, 5) is 39.4. The molecule has 0 unspecified atom stereocenters. The number of nitrogens with two attached hydrogens (primary N) is 1. The minimum Gasteiger partial charge on any atom is -0.508 e. The van der Waals surface area contributed by atoms with Gasteiger partial charge in [-0.25, -0.2) is 0 Å². The van der Waals surface area contributed by atoms with Crippen molar-refractivity contribution in [3.63, 3.8) is 0 Å². The first-order valence-electron chi connectivity index (χ1n) is 12.5. The molecule has 8 nitrogen and oxygen atoms in total. The highest BCUT2D eigenvalue weighted by atomic mass is 16.3. The molecular weight excluding hydrogens is 456 g/mol. The zero-order valence-electron chi connectivity index (χ0n) is 21.8. The van der Waals surface area contributed by atoms with E-state index in [0.717, 1.165) is 24.1 Å². The van der Waals surface area contributed by atoms with Crippen LogP contribution in [0.25, 0.3) is 0 Å². The van der Waals surface area contributed by atoms with Gasteiger partial charge in [0.1, 0.15) is 11.8 Å². The van der Waals surface area contributed by atoms with E-state index in [4.69, 9.17) is 5.73 Å². The number of rotatable bonds is 13. The lowest BCUT2D eigenvalue weighted by atomic mass is 10.0. The quantitative estimate of drug-likeness (QED) is 0.339. The van der Waals surface area contributed by atoms with Crippen LogP contribution in [0.5, 0.6) is 5.75 Å². The maximum Gasteiger partial charge on any atom is 0.246 e. The molecule has 0 fully saturated rings. The van der Waals surface area contributed by atoms with Crippen LogP contribution in [-0.2, 0) is 27.2 Å². The summed E-state index contributed by atoms with van der Waals surface area (Å²) in [7, 11) is 1.84. The number of hydrogen-bond donors (Lipinski definition) is 4. The van der Waals surface area contributed by atoms with Crippen LogP contribution in [0.3, 0.4) is 0 Å². The van der Waals surface area contributed by atoms with E-state index in [1.54, 1.807) is 24.0 Å². The van der Waals surface area contributed by atoms with Crippen molar-refractivity contribution in [3.8, 4) is 5.75 Å². The van der Waals surface area contributed by atoms with Gasteiger partial charge >= 0.3 is 0 Å². The Morgan fingerprint density at radius 3 is 2.33 bits per heavy atom. The molecule has 8 heteroatoms. The van der Waals surface area contributed by atoms with Crippen LogP contribution in [0.2, 0.25) is 0 Å². The lowest BCUT2D eigenvalue weighted by molar-refractivity contribution is -0.130. The standard InChI is InChI=1S/C28H40N4O4/c1-19(2)16-17-32(4)26(34)11-7-9-22-8-5-6-10-25(22)31-27(35)20(3)30-28(36)24(29)18-21-12-14-23(33)15-13-21/h5-6,8,10,12-15,19-20,24,33H,7,9,11,16-18,29H2,1-4H3,(H,30,36)(H,31,35)/t20-,24+/m1/s1. The number of aryl methyl sites for hydroxylation is 1. The molecule has 0 aliphatic heterocycles. The fourth-order valence-electron chi connectivity index (χ4n) is 3.66. The number of carbonyl (C=O) groups excluding carboxylic acids is 3. The normalized spacial score (nSPS) is 12.6. The van der Waals surface area contributed by atoms with E-state index in [9.17, 15) is 19.5 Å². The first-order valence-corrected chi connectivity index (χ1v) is 12.5. The fraction of sp³-hybridized carbons (Fsp3) is 0.464. The van der Waals surface area contributed by atoms with Crippen LogP contribution in [0.4, 0.5) is 5.69 Å². The smallest absolute Gasteiger partial charge is 0.246 e. The van der Waals surface area contributed by atoms with Crippen molar-refractivity contribution in [1.82, 2.24) is 10.2 Å². The van der Waals surface area contributed by atoms with Gasteiger partial charge in [-0.15, -0.1) is 0 Å². The predicted octanol–water partition coefficient (Wildman–Crippen LogP) is 3.23. The second-order valence-electron chi connectivity index (χ2n) is 9.71. The fourth-order valence-corrected chi connectivity index (χ4v) is 3.66. The molecule has 0 saturated heterocycles. The van der Waals surface area contributed by atoms with E-state index in [1.807, 2.05) is 31.3 Å². The zero-order valence-corrected chi connectivity index (χ0v) is 21.8. The zero-order chi connectivity index (χ0) is 26.7. The Morgan fingerprint density at radius 1 is 1.00 bits per heavy atom. The van der Waals surface area contributed by atoms with Crippen LogP contribution >= 0.6 is 0 Å². The summed E-state index contributed by atoms with van der Waals surface area (Å²) in [6, 6.07) is 12.3. The summed E-state index contributed by atoms with van der Waals surface area (Å²) in [6.07, 6.45) is 3.04.